The van der Waals surface area contributed by atoms with Crippen molar-refractivity contribution in [2.45, 2.75) is 38.3 Å². The van der Waals surface area contributed by atoms with Gasteiger partial charge >= 0.3 is 0 Å². The minimum atomic E-state index is -2.51. The lowest BCUT2D eigenvalue weighted by atomic mass is 10.1. The van der Waals surface area contributed by atoms with Crippen LogP contribution in [0.25, 0.3) is 0 Å². The molecule has 2 unspecified atom stereocenters. The Morgan fingerprint density at radius 1 is 1.26 bits per heavy atom. The van der Waals surface area contributed by atoms with E-state index in [1.165, 1.54) is 0 Å². The van der Waals surface area contributed by atoms with E-state index in [2.05, 4.69) is 25.6 Å². The number of nitrogens with one attached hydrogen (secondary N) is 1. The number of aromatic nitrogens is 5. The Balaban J connectivity index is 1.10. The molecular weight excluding hydrogens is 442 g/mol. The summed E-state index contributed by atoms with van der Waals surface area (Å²) in [5, 5.41) is 11.1. The van der Waals surface area contributed by atoms with Gasteiger partial charge in [0.15, 0.2) is 5.69 Å². The highest BCUT2D eigenvalue weighted by atomic mass is 19.3. The van der Waals surface area contributed by atoms with E-state index in [1.54, 1.807) is 17.1 Å². The number of hydrogen-bond donors (Lipinski definition) is 2. The van der Waals surface area contributed by atoms with E-state index in [4.69, 9.17) is 5.73 Å². The van der Waals surface area contributed by atoms with E-state index in [-0.39, 0.29) is 17.6 Å². The van der Waals surface area contributed by atoms with Gasteiger partial charge in [0.2, 0.25) is 0 Å². The molecule has 2 fully saturated rings. The first-order valence-corrected chi connectivity index (χ1v) is 11.3. The van der Waals surface area contributed by atoms with Crippen LogP contribution in [0.2, 0.25) is 0 Å². The Kier molecular flexibility index (Phi) is 4.58. The number of nitrogen functional groups attached to an aromatic ring is 1. The number of nitrogens with two attached hydrogens (primary N) is 1. The standard InChI is InChI=1S/C23H24F2N8O/c1-12-13(2-5-20(28-12)32-9-16-17(10-32)23(16,24)25)8-33-11-19(30-31-33)22(34)29-18-4-3-15-14(18)6-7-27-21(15)26/h2,5-7,11,16-18H,3-4,8-10H2,1H3,(H2,26,27)(H,29,34)/t16?,17?,18-/m1/s1. The number of carbonyl (C=O) groups is 1. The zero-order valence-electron chi connectivity index (χ0n) is 18.6. The number of piperidine rings is 1. The minimum Gasteiger partial charge on any atom is -0.383 e. The molecule has 0 aromatic carbocycles. The highest BCUT2D eigenvalue weighted by Gasteiger charge is 2.71. The maximum atomic E-state index is 13.5. The lowest BCUT2D eigenvalue weighted by molar-refractivity contribution is 0.0796. The molecule has 3 aliphatic rings. The van der Waals surface area contributed by atoms with E-state index in [0.29, 0.717) is 25.5 Å². The molecule has 1 saturated carbocycles. The van der Waals surface area contributed by atoms with Gasteiger partial charge in [0.1, 0.15) is 11.6 Å². The van der Waals surface area contributed by atoms with Crippen LogP contribution in [-0.4, -0.2) is 49.9 Å². The molecule has 3 aromatic heterocycles. The summed E-state index contributed by atoms with van der Waals surface area (Å²) in [6.07, 6.45) is 4.79. The summed E-state index contributed by atoms with van der Waals surface area (Å²) < 4.78 is 28.5. The van der Waals surface area contributed by atoms with Crippen molar-refractivity contribution in [1.29, 1.82) is 0 Å². The zero-order valence-corrected chi connectivity index (χ0v) is 18.6. The molecule has 0 bridgehead atoms. The van der Waals surface area contributed by atoms with Crippen LogP contribution >= 0.6 is 0 Å². The van der Waals surface area contributed by atoms with Crippen molar-refractivity contribution in [2.75, 3.05) is 23.7 Å². The summed E-state index contributed by atoms with van der Waals surface area (Å²) in [4.78, 5) is 23.4. The molecule has 4 heterocycles. The fraction of sp³-hybridized carbons (Fsp3) is 0.435. The first-order chi connectivity index (χ1) is 16.3. The van der Waals surface area contributed by atoms with E-state index >= 15 is 0 Å². The van der Waals surface area contributed by atoms with Gasteiger partial charge in [-0.15, -0.1) is 5.10 Å². The van der Waals surface area contributed by atoms with Crippen LogP contribution < -0.4 is 16.0 Å². The molecule has 1 aliphatic heterocycles. The number of aryl methyl sites for hydroxylation is 1. The second kappa shape index (κ2) is 7.44. The normalized spacial score (nSPS) is 24.1. The average Bonchev–Trinajstić information content (AvgIpc) is 3.37. The Labute approximate surface area is 194 Å². The van der Waals surface area contributed by atoms with Crippen molar-refractivity contribution in [1.82, 2.24) is 30.3 Å². The largest absolute Gasteiger partial charge is 0.383 e. The third-order valence-electron chi connectivity index (χ3n) is 7.30. The number of rotatable bonds is 5. The van der Waals surface area contributed by atoms with Crippen LogP contribution in [0.5, 0.6) is 0 Å². The predicted molar refractivity (Wildman–Crippen MR) is 119 cm³/mol. The highest BCUT2D eigenvalue weighted by molar-refractivity contribution is 5.92. The fourth-order valence-electron chi connectivity index (χ4n) is 5.22. The number of carbonyl (C=O) groups excluding carboxylic acids is 1. The number of fused-ring (bicyclic) bond motifs is 2. The molecule has 3 atom stereocenters. The molecule has 2 aliphatic carbocycles. The van der Waals surface area contributed by atoms with Gasteiger partial charge in [0, 0.05) is 25.0 Å². The minimum absolute atomic E-state index is 0.131. The molecule has 9 nitrogen and oxygen atoms in total. The molecule has 0 radical (unpaired) electrons. The quantitative estimate of drug-likeness (QED) is 0.592. The van der Waals surface area contributed by atoms with Crippen LogP contribution in [0.1, 0.15) is 45.3 Å². The van der Waals surface area contributed by atoms with Crippen molar-refractivity contribution in [2.24, 2.45) is 11.8 Å². The van der Waals surface area contributed by atoms with Crippen LogP contribution in [0.4, 0.5) is 20.4 Å². The summed E-state index contributed by atoms with van der Waals surface area (Å²) in [5.74, 6) is -2.66. The third kappa shape index (κ3) is 3.37. The lowest BCUT2D eigenvalue weighted by Crippen LogP contribution is -2.28. The SMILES string of the molecule is Cc1nc(N2CC3C(C2)C3(F)F)ccc1Cn1cc(C(=O)N[C@@H]2CCc3c2ccnc3N)nn1. The van der Waals surface area contributed by atoms with Crippen LogP contribution in [0.3, 0.4) is 0 Å². The highest BCUT2D eigenvalue weighted by Crippen LogP contribution is 2.59. The number of pyridine rings is 2. The van der Waals surface area contributed by atoms with Crippen molar-refractivity contribution in [3.8, 4) is 0 Å². The summed E-state index contributed by atoms with van der Waals surface area (Å²) in [7, 11) is 0. The summed E-state index contributed by atoms with van der Waals surface area (Å²) in [6.45, 7) is 2.98. The molecule has 0 spiro atoms. The zero-order chi connectivity index (χ0) is 23.6. The molecule has 1 saturated heterocycles. The van der Waals surface area contributed by atoms with Crippen molar-refractivity contribution in [3.63, 3.8) is 0 Å². The topological polar surface area (TPSA) is 115 Å². The first kappa shape index (κ1) is 20.9. The Morgan fingerprint density at radius 3 is 2.82 bits per heavy atom. The maximum absolute atomic E-state index is 13.5. The van der Waals surface area contributed by atoms with E-state index < -0.39 is 17.8 Å². The van der Waals surface area contributed by atoms with E-state index in [9.17, 15) is 13.6 Å². The van der Waals surface area contributed by atoms with Gasteiger partial charge in [0.05, 0.1) is 30.6 Å². The Bertz CT molecular complexity index is 1280. The van der Waals surface area contributed by atoms with Gasteiger partial charge in [-0.3, -0.25) is 4.79 Å². The molecule has 3 aromatic rings. The second-order valence-corrected chi connectivity index (χ2v) is 9.34. The number of alkyl halides is 2. The Hall–Kier alpha value is -3.63. The van der Waals surface area contributed by atoms with Crippen LogP contribution in [-0.2, 0) is 13.0 Å². The van der Waals surface area contributed by atoms with Crippen molar-refractivity contribution >= 4 is 17.5 Å². The van der Waals surface area contributed by atoms with Crippen molar-refractivity contribution < 1.29 is 13.6 Å². The lowest BCUT2D eigenvalue weighted by Gasteiger charge is -2.21. The van der Waals surface area contributed by atoms with Gasteiger partial charge in [-0.25, -0.2) is 23.4 Å². The van der Waals surface area contributed by atoms with E-state index in [1.807, 2.05) is 30.0 Å². The number of nitrogens with zero attached hydrogens (tertiary/aromatic N) is 6. The maximum Gasteiger partial charge on any atom is 0.273 e. The predicted octanol–water partition coefficient (Wildman–Crippen LogP) is 2.13. The summed E-state index contributed by atoms with van der Waals surface area (Å²) in [6, 6.07) is 5.54. The number of hydrogen-bond acceptors (Lipinski definition) is 7. The van der Waals surface area contributed by atoms with Gasteiger partial charge < -0.3 is 16.0 Å². The van der Waals surface area contributed by atoms with Gasteiger partial charge in [-0.2, -0.15) is 0 Å². The van der Waals surface area contributed by atoms with Gasteiger partial charge in [0.25, 0.3) is 11.8 Å². The monoisotopic (exact) mass is 466 g/mol. The van der Waals surface area contributed by atoms with E-state index in [0.717, 1.165) is 41.0 Å². The first-order valence-electron chi connectivity index (χ1n) is 11.3. The summed E-state index contributed by atoms with van der Waals surface area (Å²) in [5.41, 5.74) is 9.87. The smallest absolute Gasteiger partial charge is 0.273 e. The molecule has 11 heteroatoms. The molecule has 1 amide bonds. The summed E-state index contributed by atoms with van der Waals surface area (Å²) >= 11 is 0. The number of amides is 1. The molecule has 6 rings (SSSR count). The molecule has 34 heavy (non-hydrogen) atoms. The molecular formula is C23H24F2N8O. The number of halogens is 2. The van der Waals surface area contributed by atoms with Gasteiger partial charge in [-0.1, -0.05) is 11.3 Å². The molecule has 3 N–H and O–H groups in total. The van der Waals surface area contributed by atoms with Crippen molar-refractivity contribution in [3.05, 3.63) is 58.7 Å². The second-order valence-electron chi connectivity index (χ2n) is 9.34. The number of anilines is 2. The Morgan fingerprint density at radius 2 is 2.06 bits per heavy atom. The van der Waals surface area contributed by atoms with Crippen LogP contribution in [0.15, 0.2) is 30.6 Å². The molecule has 176 valence electrons. The van der Waals surface area contributed by atoms with Crippen LogP contribution in [0, 0.1) is 18.8 Å². The fourth-order valence-corrected chi connectivity index (χ4v) is 5.22. The van der Waals surface area contributed by atoms with Gasteiger partial charge in [-0.05, 0) is 48.6 Å². The average molecular weight is 466 g/mol. The third-order valence-corrected chi connectivity index (χ3v) is 7.30.